The first-order valence-electron chi connectivity index (χ1n) is 1.87. The zero-order valence-corrected chi connectivity index (χ0v) is 7.77. The Morgan fingerprint density at radius 1 is 1.62 bits per heavy atom. The summed E-state index contributed by atoms with van der Waals surface area (Å²) in [5.41, 5.74) is 0. The molecule has 8 heavy (non-hydrogen) atoms. The predicted molar refractivity (Wildman–Crippen MR) is 25.3 cm³/mol. The van der Waals surface area contributed by atoms with Gasteiger partial charge in [-0.15, -0.1) is 0 Å². The molecule has 0 fully saturated rings. The zero-order valence-electron chi connectivity index (χ0n) is 4.96. The van der Waals surface area contributed by atoms with Gasteiger partial charge < -0.3 is 13.5 Å². The van der Waals surface area contributed by atoms with E-state index in [0.29, 0.717) is 0 Å². The van der Waals surface area contributed by atoms with Gasteiger partial charge in [0.2, 0.25) is 0 Å². The molecule has 0 radical (unpaired) electrons. The van der Waals surface area contributed by atoms with E-state index in [1.165, 1.54) is 6.92 Å². The summed E-state index contributed by atoms with van der Waals surface area (Å²) >= 11 is 0. The van der Waals surface area contributed by atoms with Gasteiger partial charge >= 0.3 is 29.6 Å². The monoisotopic (exact) mass is 146 g/mol. The second kappa shape index (κ2) is 6.04. The van der Waals surface area contributed by atoms with E-state index in [1.54, 1.807) is 0 Å². The molecule has 0 rings (SSSR count). The van der Waals surface area contributed by atoms with Crippen LogP contribution in [0.15, 0.2) is 0 Å². The van der Waals surface area contributed by atoms with Gasteiger partial charge in [-0.1, -0.05) is 10.7 Å². The van der Waals surface area contributed by atoms with Gasteiger partial charge in [0, 0.05) is 6.10 Å². The fraction of sp³-hybridized carbons (Fsp3) is 1.00. The molecular formula is C3H7NaO3S. The molecule has 0 heterocycles. The van der Waals surface area contributed by atoms with Crippen molar-refractivity contribution in [1.82, 2.24) is 0 Å². The molecule has 0 bridgehead atoms. The summed E-state index contributed by atoms with van der Waals surface area (Å²) in [5.74, 6) is -0.167. The van der Waals surface area contributed by atoms with Gasteiger partial charge in [-0.3, -0.25) is 0 Å². The molecule has 1 N–H and O–H groups in total. The van der Waals surface area contributed by atoms with Crippen molar-refractivity contribution in [2.75, 3.05) is 5.75 Å². The van der Waals surface area contributed by atoms with E-state index in [9.17, 15) is 8.42 Å². The van der Waals surface area contributed by atoms with Gasteiger partial charge in [0.25, 0.3) is 0 Å². The van der Waals surface area contributed by atoms with Crippen molar-refractivity contribution in [3.05, 3.63) is 0 Å². The van der Waals surface area contributed by atoms with Crippen LogP contribution >= 0.6 is 0 Å². The SMILES string of the molecule is CC(O)C[S-](=O)=O.[Na+]. The molecule has 5 heteroatoms. The normalized spacial score (nSPS) is 12.9. The number of hydrogen-bond acceptors (Lipinski definition) is 4. The van der Waals surface area contributed by atoms with Crippen LogP contribution in [-0.2, 0) is 19.1 Å². The van der Waals surface area contributed by atoms with Gasteiger partial charge in [0.15, 0.2) is 0 Å². The summed E-state index contributed by atoms with van der Waals surface area (Å²) in [5, 5.41) is 8.33. The Bertz CT molecular complexity index is 101. The Kier molecular flexibility index (Phi) is 8.81. The number of rotatable bonds is 2. The predicted octanol–water partition coefficient (Wildman–Crippen LogP) is -3.32. The molecule has 0 aliphatic heterocycles. The second-order valence-electron chi connectivity index (χ2n) is 1.32. The standard InChI is InChI=1S/C3H7O3S.Na/c1-3(4)2-7(5)6;/h3-4H,2H2,1H3;/q-1;+1. The zero-order chi connectivity index (χ0) is 5.86. The summed E-state index contributed by atoms with van der Waals surface area (Å²) in [7, 11) is -2.10. The maximum atomic E-state index is 9.65. The van der Waals surface area contributed by atoms with Crippen molar-refractivity contribution < 1.29 is 43.1 Å². The van der Waals surface area contributed by atoms with E-state index in [-0.39, 0.29) is 35.3 Å². The topological polar surface area (TPSA) is 54.4 Å². The molecule has 0 spiro atoms. The largest absolute Gasteiger partial charge is 1.00 e. The number of hydrogen-bond donors (Lipinski definition) is 1. The molecule has 0 aromatic rings. The van der Waals surface area contributed by atoms with Crippen molar-refractivity contribution >= 4 is 10.7 Å². The Morgan fingerprint density at radius 2 is 2.00 bits per heavy atom. The molecule has 1 atom stereocenters. The fourth-order valence-corrected chi connectivity index (χ4v) is 0.591. The van der Waals surface area contributed by atoms with Gasteiger partial charge in [-0.2, -0.15) is 0 Å². The molecule has 0 aliphatic carbocycles. The first-order chi connectivity index (χ1) is 3.13. The van der Waals surface area contributed by atoms with Gasteiger partial charge in [-0.25, -0.2) is 0 Å². The van der Waals surface area contributed by atoms with Crippen LogP contribution in [0.4, 0.5) is 0 Å². The van der Waals surface area contributed by atoms with Crippen molar-refractivity contribution in [3.63, 3.8) is 0 Å². The van der Waals surface area contributed by atoms with E-state index < -0.39 is 16.8 Å². The molecular weight excluding hydrogens is 139 g/mol. The third-order valence-electron chi connectivity index (χ3n) is 0.377. The average Bonchev–Trinajstić information content (AvgIpc) is 1.27. The Hall–Kier alpha value is 0.910. The first-order valence-corrected chi connectivity index (χ1v) is 3.11. The van der Waals surface area contributed by atoms with Crippen molar-refractivity contribution in [1.29, 1.82) is 0 Å². The third kappa shape index (κ3) is 10.0. The van der Waals surface area contributed by atoms with Crippen LogP contribution in [0, 0.1) is 0 Å². The molecule has 0 amide bonds. The third-order valence-corrected chi connectivity index (χ3v) is 1.13. The van der Waals surface area contributed by atoms with E-state index in [0.717, 1.165) is 0 Å². The van der Waals surface area contributed by atoms with E-state index in [4.69, 9.17) is 5.11 Å². The summed E-state index contributed by atoms with van der Waals surface area (Å²) < 4.78 is 19.3. The van der Waals surface area contributed by atoms with Crippen LogP contribution in [0.3, 0.4) is 0 Å². The number of aliphatic hydroxyl groups excluding tert-OH is 1. The average molecular weight is 146 g/mol. The summed E-state index contributed by atoms with van der Waals surface area (Å²) in [6.07, 6.45) is -0.738. The van der Waals surface area contributed by atoms with Gasteiger partial charge in [0.05, 0.1) is 0 Å². The van der Waals surface area contributed by atoms with Crippen LogP contribution in [0.25, 0.3) is 0 Å². The Labute approximate surface area is 72.3 Å². The maximum Gasteiger partial charge on any atom is 1.00 e. The molecule has 0 saturated heterocycles. The first kappa shape index (κ1) is 11.7. The van der Waals surface area contributed by atoms with E-state index in [2.05, 4.69) is 0 Å². The van der Waals surface area contributed by atoms with Crippen molar-refractivity contribution in [2.45, 2.75) is 13.0 Å². The van der Waals surface area contributed by atoms with E-state index >= 15 is 0 Å². The fourth-order valence-electron chi connectivity index (χ4n) is 0.197. The minimum atomic E-state index is -2.10. The Balaban J connectivity index is 0. The van der Waals surface area contributed by atoms with Crippen LogP contribution in [0.1, 0.15) is 6.92 Å². The van der Waals surface area contributed by atoms with Crippen LogP contribution in [0.2, 0.25) is 0 Å². The molecule has 0 aliphatic rings. The minimum absolute atomic E-state index is 0. The molecule has 0 aromatic carbocycles. The smallest absolute Gasteiger partial charge is 0.424 e. The summed E-state index contributed by atoms with van der Waals surface area (Å²) in [6, 6.07) is 0. The minimum Gasteiger partial charge on any atom is -0.424 e. The van der Waals surface area contributed by atoms with Crippen LogP contribution < -0.4 is 29.6 Å². The summed E-state index contributed by atoms with van der Waals surface area (Å²) in [6.45, 7) is 1.43. The molecule has 44 valence electrons. The van der Waals surface area contributed by atoms with E-state index in [1.807, 2.05) is 0 Å². The molecule has 3 nitrogen and oxygen atoms in total. The van der Waals surface area contributed by atoms with Crippen LogP contribution in [0.5, 0.6) is 0 Å². The van der Waals surface area contributed by atoms with Gasteiger partial charge in [-0.05, 0) is 12.7 Å². The second-order valence-corrected chi connectivity index (χ2v) is 2.26. The maximum absolute atomic E-state index is 9.65. The molecule has 0 saturated carbocycles. The number of aliphatic hydroxyl groups is 1. The van der Waals surface area contributed by atoms with Crippen molar-refractivity contribution in [3.8, 4) is 0 Å². The van der Waals surface area contributed by atoms with Gasteiger partial charge in [0.1, 0.15) is 0 Å². The molecule has 0 aromatic heterocycles. The molecule has 1 unspecified atom stereocenters. The van der Waals surface area contributed by atoms with Crippen molar-refractivity contribution in [2.24, 2.45) is 0 Å². The van der Waals surface area contributed by atoms with Crippen LogP contribution in [-0.4, -0.2) is 17.0 Å². The Morgan fingerprint density at radius 3 is 2.00 bits per heavy atom. The summed E-state index contributed by atoms with van der Waals surface area (Å²) in [4.78, 5) is 0. The quantitative estimate of drug-likeness (QED) is 0.327.